The molecule has 0 unspecified atom stereocenters. The molecule has 12 heavy (non-hydrogen) atoms. The molecule has 1 rings (SSSR count). The van der Waals surface area contributed by atoms with Crippen LogP contribution < -0.4 is 5.32 Å². The second kappa shape index (κ2) is 4.49. The van der Waals surface area contributed by atoms with Gasteiger partial charge in [-0.05, 0) is 39.3 Å². The van der Waals surface area contributed by atoms with Crippen molar-refractivity contribution in [2.75, 3.05) is 13.1 Å². The van der Waals surface area contributed by atoms with E-state index in [-0.39, 0.29) is 0 Å². The topological polar surface area (TPSA) is 32.3 Å². The Bertz CT molecular complexity index is 184. The van der Waals surface area contributed by atoms with Gasteiger partial charge < -0.3 is 10.4 Å². The summed E-state index contributed by atoms with van der Waals surface area (Å²) in [4.78, 5) is 0. The van der Waals surface area contributed by atoms with Gasteiger partial charge in [-0.3, -0.25) is 0 Å². The van der Waals surface area contributed by atoms with Crippen molar-refractivity contribution in [2.24, 2.45) is 0 Å². The van der Waals surface area contributed by atoms with E-state index in [1.165, 1.54) is 0 Å². The molecule has 0 radical (unpaired) electrons. The molecule has 0 saturated carbocycles. The predicted octanol–water partition coefficient (Wildman–Crippen LogP) is 0.904. The fourth-order valence-corrected chi connectivity index (χ4v) is 1.56. The maximum absolute atomic E-state index is 9.99. The summed E-state index contributed by atoms with van der Waals surface area (Å²) in [5.41, 5.74) is -0.435. The average Bonchev–Trinajstić information content (AvgIpc) is 2.06. The van der Waals surface area contributed by atoms with E-state index in [0.29, 0.717) is 0 Å². The molecular weight excluding hydrogens is 150 g/mol. The Morgan fingerprint density at radius 3 is 2.67 bits per heavy atom. The van der Waals surface area contributed by atoms with E-state index >= 15 is 0 Å². The van der Waals surface area contributed by atoms with E-state index in [9.17, 15) is 5.11 Å². The standard InChI is InChI=1S/C10H17NO/c1-2-3-4-5-10(12)6-8-11-9-7-10/h11-12H,4-9H2,1H3. The lowest BCUT2D eigenvalue weighted by Crippen LogP contribution is -2.41. The molecule has 68 valence electrons. The minimum Gasteiger partial charge on any atom is -0.390 e. The summed E-state index contributed by atoms with van der Waals surface area (Å²) < 4.78 is 0. The van der Waals surface area contributed by atoms with E-state index < -0.39 is 5.60 Å². The summed E-state index contributed by atoms with van der Waals surface area (Å²) >= 11 is 0. The summed E-state index contributed by atoms with van der Waals surface area (Å²) in [6.07, 6.45) is 3.40. The van der Waals surface area contributed by atoms with Gasteiger partial charge in [-0.15, -0.1) is 11.8 Å². The molecule has 1 aliphatic rings. The summed E-state index contributed by atoms with van der Waals surface area (Å²) in [6.45, 7) is 3.72. The van der Waals surface area contributed by atoms with Gasteiger partial charge in [0.25, 0.3) is 0 Å². The Balaban J connectivity index is 2.29. The number of hydrogen-bond donors (Lipinski definition) is 2. The lowest BCUT2D eigenvalue weighted by Gasteiger charge is -2.31. The maximum Gasteiger partial charge on any atom is 0.0681 e. The van der Waals surface area contributed by atoms with E-state index in [1.54, 1.807) is 0 Å². The molecule has 1 fully saturated rings. The molecule has 1 saturated heterocycles. The quantitative estimate of drug-likeness (QED) is 0.599. The molecule has 1 heterocycles. The molecule has 0 aromatic rings. The van der Waals surface area contributed by atoms with E-state index in [4.69, 9.17) is 0 Å². The third-order valence-electron chi connectivity index (χ3n) is 2.43. The molecule has 0 aromatic carbocycles. The van der Waals surface area contributed by atoms with Crippen LogP contribution in [0, 0.1) is 11.8 Å². The fraction of sp³-hybridized carbons (Fsp3) is 0.800. The molecule has 0 amide bonds. The lowest BCUT2D eigenvalue weighted by molar-refractivity contribution is 0.00389. The molecule has 0 atom stereocenters. The highest BCUT2D eigenvalue weighted by Crippen LogP contribution is 2.22. The van der Waals surface area contributed by atoms with Gasteiger partial charge in [-0.2, -0.15) is 0 Å². The molecule has 1 aliphatic heterocycles. The van der Waals surface area contributed by atoms with Gasteiger partial charge in [0.05, 0.1) is 5.60 Å². The Morgan fingerprint density at radius 1 is 1.42 bits per heavy atom. The average molecular weight is 167 g/mol. The van der Waals surface area contributed by atoms with Crippen molar-refractivity contribution in [3.05, 3.63) is 0 Å². The van der Waals surface area contributed by atoms with Gasteiger partial charge in [0.1, 0.15) is 0 Å². The number of nitrogens with one attached hydrogen (secondary N) is 1. The van der Waals surface area contributed by atoms with Crippen molar-refractivity contribution in [3.63, 3.8) is 0 Å². The third kappa shape index (κ3) is 2.84. The molecule has 0 aliphatic carbocycles. The smallest absolute Gasteiger partial charge is 0.0681 e. The van der Waals surface area contributed by atoms with Gasteiger partial charge in [-0.1, -0.05) is 0 Å². The number of aliphatic hydroxyl groups is 1. The summed E-state index contributed by atoms with van der Waals surface area (Å²) in [6, 6.07) is 0. The van der Waals surface area contributed by atoms with Gasteiger partial charge in [0, 0.05) is 6.42 Å². The van der Waals surface area contributed by atoms with Crippen LogP contribution in [0.4, 0.5) is 0 Å². The van der Waals surface area contributed by atoms with E-state index in [1.807, 2.05) is 6.92 Å². The Hall–Kier alpha value is -0.520. The normalized spacial score (nSPS) is 21.2. The molecule has 2 N–H and O–H groups in total. The van der Waals surface area contributed by atoms with Crippen LogP contribution in [0.15, 0.2) is 0 Å². The highest BCUT2D eigenvalue weighted by Gasteiger charge is 2.27. The van der Waals surface area contributed by atoms with Crippen LogP contribution in [0.2, 0.25) is 0 Å². The minimum atomic E-state index is -0.435. The van der Waals surface area contributed by atoms with Crippen LogP contribution >= 0.6 is 0 Å². The summed E-state index contributed by atoms with van der Waals surface area (Å²) in [5, 5.41) is 13.2. The zero-order chi connectivity index (χ0) is 8.86. The third-order valence-corrected chi connectivity index (χ3v) is 2.43. The van der Waals surface area contributed by atoms with Crippen LogP contribution in [0.3, 0.4) is 0 Å². The summed E-state index contributed by atoms with van der Waals surface area (Å²) in [5.74, 6) is 5.84. The first kappa shape index (κ1) is 9.57. The number of rotatable bonds is 2. The molecule has 2 nitrogen and oxygen atoms in total. The van der Waals surface area contributed by atoms with E-state index in [2.05, 4.69) is 17.2 Å². The molecule has 2 heteroatoms. The highest BCUT2D eigenvalue weighted by atomic mass is 16.3. The van der Waals surface area contributed by atoms with Crippen LogP contribution in [-0.2, 0) is 0 Å². The number of hydrogen-bond acceptors (Lipinski definition) is 2. The molecular formula is C10H17NO. The van der Waals surface area contributed by atoms with Gasteiger partial charge in [-0.25, -0.2) is 0 Å². The molecule has 0 aromatic heterocycles. The monoisotopic (exact) mass is 167 g/mol. The van der Waals surface area contributed by atoms with Crippen LogP contribution in [-0.4, -0.2) is 23.8 Å². The first-order chi connectivity index (χ1) is 5.77. The van der Waals surface area contributed by atoms with Crippen molar-refractivity contribution >= 4 is 0 Å². The lowest BCUT2D eigenvalue weighted by atomic mass is 9.88. The first-order valence-corrected chi connectivity index (χ1v) is 4.59. The van der Waals surface area contributed by atoms with Crippen LogP contribution in [0.1, 0.15) is 32.6 Å². The van der Waals surface area contributed by atoms with Crippen LogP contribution in [0.25, 0.3) is 0 Å². The Morgan fingerprint density at radius 2 is 2.08 bits per heavy atom. The van der Waals surface area contributed by atoms with Crippen molar-refractivity contribution in [3.8, 4) is 11.8 Å². The molecule has 0 spiro atoms. The summed E-state index contributed by atoms with van der Waals surface area (Å²) in [7, 11) is 0. The largest absolute Gasteiger partial charge is 0.390 e. The second-order valence-corrected chi connectivity index (χ2v) is 3.40. The molecule has 0 bridgehead atoms. The van der Waals surface area contributed by atoms with Crippen molar-refractivity contribution in [2.45, 2.75) is 38.2 Å². The van der Waals surface area contributed by atoms with Gasteiger partial charge >= 0.3 is 0 Å². The maximum atomic E-state index is 9.99. The SMILES string of the molecule is CC#CCCC1(O)CCNCC1. The van der Waals surface area contributed by atoms with E-state index in [0.717, 1.165) is 38.8 Å². The second-order valence-electron chi connectivity index (χ2n) is 3.40. The number of piperidine rings is 1. The minimum absolute atomic E-state index is 0.435. The Kier molecular flexibility index (Phi) is 3.58. The van der Waals surface area contributed by atoms with Crippen molar-refractivity contribution in [1.82, 2.24) is 5.32 Å². The van der Waals surface area contributed by atoms with Crippen molar-refractivity contribution < 1.29 is 5.11 Å². The zero-order valence-electron chi connectivity index (χ0n) is 7.69. The Labute approximate surface area is 74.4 Å². The highest BCUT2D eigenvalue weighted by molar-refractivity contribution is 4.97. The van der Waals surface area contributed by atoms with Gasteiger partial charge in [0.2, 0.25) is 0 Å². The van der Waals surface area contributed by atoms with Crippen LogP contribution in [0.5, 0.6) is 0 Å². The zero-order valence-corrected chi connectivity index (χ0v) is 7.69. The predicted molar refractivity (Wildman–Crippen MR) is 49.7 cm³/mol. The van der Waals surface area contributed by atoms with Crippen molar-refractivity contribution in [1.29, 1.82) is 0 Å². The van der Waals surface area contributed by atoms with Gasteiger partial charge in [0.15, 0.2) is 0 Å². The first-order valence-electron chi connectivity index (χ1n) is 4.59. The fourth-order valence-electron chi connectivity index (χ4n) is 1.56.